The van der Waals surface area contributed by atoms with Crippen LogP contribution < -0.4 is 5.32 Å². The minimum Gasteiger partial charge on any atom is -0.449 e. The number of aromatic nitrogens is 2. The average Bonchev–Trinajstić information content (AvgIpc) is 3.02. The number of halogens is 1. The van der Waals surface area contributed by atoms with Gasteiger partial charge in [-0.05, 0) is 26.8 Å². The number of amides is 1. The Morgan fingerprint density at radius 2 is 2.00 bits per heavy atom. The maximum absolute atomic E-state index is 12.2. The van der Waals surface area contributed by atoms with Gasteiger partial charge < -0.3 is 10.1 Å². The van der Waals surface area contributed by atoms with Gasteiger partial charge >= 0.3 is 5.97 Å². The van der Waals surface area contributed by atoms with Gasteiger partial charge in [0.05, 0.1) is 21.7 Å². The van der Waals surface area contributed by atoms with Crippen LogP contribution in [0.2, 0.25) is 5.02 Å². The minimum atomic E-state index is -1.11. The first-order valence-electron chi connectivity index (χ1n) is 7.70. The molecule has 1 aromatic carbocycles. The molecule has 0 aliphatic heterocycles. The van der Waals surface area contributed by atoms with Gasteiger partial charge in [0.2, 0.25) is 0 Å². The van der Waals surface area contributed by atoms with Crippen LogP contribution in [0.5, 0.6) is 0 Å². The van der Waals surface area contributed by atoms with Gasteiger partial charge in [-0.3, -0.25) is 14.9 Å². The Kier molecular flexibility index (Phi) is 5.93. The van der Waals surface area contributed by atoms with Gasteiger partial charge in [-0.2, -0.15) is 5.10 Å². The third-order valence-corrected chi connectivity index (χ3v) is 3.76. The molecule has 1 aromatic heterocycles. The van der Waals surface area contributed by atoms with Crippen molar-refractivity contribution in [3.63, 3.8) is 0 Å². The lowest BCUT2D eigenvalue weighted by atomic mass is 10.2. The summed E-state index contributed by atoms with van der Waals surface area (Å²) in [6, 6.07) is 5.02. The zero-order chi connectivity index (χ0) is 19.4. The fraction of sp³-hybridized carbons (Fsp3) is 0.312. The Balaban J connectivity index is 2.05. The van der Waals surface area contributed by atoms with Gasteiger partial charge in [-0.25, -0.2) is 9.48 Å². The normalized spacial score (nSPS) is 11.9. The van der Waals surface area contributed by atoms with Crippen LogP contribution in [-0.4, -0.2) is 32.7 Å². The second kappa shape index (κ2) is 7.96. The van der Waals surface area contributed by atoms with Gasteiger partial charge in [-0.1, -0.05) is 11.6 Å². The van der Waals surface area contributed by atoms with Crippen molar-refractivity contribution in [1.29, 1.82) is 0 Å². The summed E-state index contributed by atoms with van der Waals surface area (Å²) in [7, 11) is 0. The van der Waals surface area contributed by atoms with Gasteiger partial charge in [0, 0.05) is 24.2 Å². The van der Waals surface area contributed by atoms with Gasteiger partial charge in [0.15, 0.2) is 6.10 Å². The zero-order valence-electron chi connectivity index (χ0n) is 14.3. The lowest BCUT2D eigenvalue weighted by Crippen LogP contribution is -2.31. The summed E-state index contributed by atoms with van der Waals surface area (Å²) in [4.78, 5) is 34.5. The van der Waals surface area contributed by atoms with Gasteiger partial charge in [0.1, 0.15) is 5.82 Å². The summed E-state index contributed by atoms with van der Waals surface area (Å²) < 4.78 is 6.70. The fourth-order valence-corrected chi connectivity index (χ4v) is 2.37. The van der Waals surface area contributed by atoms with E-state index in [1.807, 2.05) is 13.8 Å². The molecule has 2 aromatic rings. The third kappa shape index (κ3) is 4.37. The molecule has 9 nitrogen and oxygen atoms in total. The van der Waals surface area contributed by atoms with Crippen LogP contribution in [0.4, 0.5) is 11.5 Å². The number of anilines is 1. The summed E-state index contributed by atoms with van der Waals surface area (Å²) >= 11 is 5.88. The number of carbonyl (C=O) groups excluding carboxylic acids is 2. The molecule has 0 fully saturated rings. The van der Waals surface area contributed by atoms with Crippen LogP contribution in [0, 0.1) is 10.1 Å². The molecular weight excluding hydrogens is 364 g/mol. The Hall–Kier alpha value is -2.94. The third-order valence-electron chi connectivity index (χ3n) is 3.45. The second-order valence-electron chi connectivity index (χ2n) is 5.71. The minimum absolute atomic E-state index is 0.0390. The van der Waals surface area contributed by atoms with E-state index in [1.54, 1.807) is 16.9 Å². The van der Waals surface area contributed by atoms with E-state index in [0.717, 1.165) is 12.1 Å². The lowest BCUT2D eigenvalue weighted by molar-refractivity contribution is -0.384. The van der Waals surface area contributed by atoms with Gasteiger partial charge in [0.25, 0.3) is 11.6 Å². The van der Waals surface area contributed by atoms with E-state index in [9.17, 15) is 19.7 Å². The van der Waals surface area contributed by atoms with E-state index < -0.39 is 22.9 Å². The Bertz CT molecular complexity index is 849. The Morgan fingerprint density at radius 3 is 2.58 bits per heavy atom. The lowest BCUT2D eigenvalue weighted by Gasteiger charge is -2.16. The van der Waals surface area contributed by atoms with E-state index in [2.05, 4.69) is 10.4 Å². The number of esters is 1. The Labute approximate surface area is 154 Å². The van der Waals surface area contributed by atoms with Crippen LogP contribution in [-0.2, 0) is 9.53 Å². The highest BCUT2D eigenvalue weighted by Crippen LogP contribution is 2.23. The zero-order valence-corrected chi connectivity index (χ0v) is 15.1. The number of carbonyl (C=O) groups is 2. The number of rotatable bonds is 6. The highest BCUT2D eigenvalue weighted by Gasteiger charge is 2.23. The average molecular weight is 381 g/mol. The number of hydrogen-bond acceptors (Lipinski definition) is 6. The van der Waals surface area contributed by atoms with Crippen LogP contribution >= 0.6 is 11.6 Å². The van der Waals surface area contributed by atoms with E-state index in [4.69, 9.17) is 16.3 Å². The molecule has 0 saturated heterocycles. The number of nitro benzene ring substituents is 1. The summed E-state index contributed by atoms with van der Waals surface area (Å²) in [5.74, 6) is -0.926. The predicted octanol–water partition coefficient (Wildman–Crippen LogP) is 3.21. The summed E-state index contributed by atoms with van der Waals surface area (Å²) in [6.07, 6.45) is 0.437. The molecule has 0 radical (unpaired) electrons. The molecule has 0 bridgehead atoms. The molecule has 0 aliphatic carbocycles. The van der Waals surface area contributed by atoms with Crippen molar-refractivity contribution in [2.45, 2.75) is 32.9 Å². The van der Waals surface area contributed by atoms with Crippen molar-refractivity contribution in [2.24, 2.45) is 0 Å². The van der Waals surface area contributed by atoms with E-state index in [-0.39, 0.29) is 22.3 Å². The first-order valence-corrected chi connectivity index (χ1v) is 8.07. The van der Waals surface area contributed by atoms with Crippen molar-refractivity contribution in [2.75, 3.05) is 5.32 Å². The molecule has 0 aliphatic rings. The fourth-order valence-electron chi connectivity index (χ4n) is 2.11. The molecule has 1 amide bonds. The van der Waals surface area contributed by atoms with Crippen molar-refractivity contribution < 1.29 is 19.2 Å². The second-order valence-corrected chi connectivity index (χ2v) is 6.12. The molecule has 138 valence electrons. The van der Waals surface area contributed by atoms with E-state index in [0.29, 0.717) is 5.82 Å². The number of ether oxygens (including phenoxy) is 1. The molecule has 10 heteroatoms. The number of nitro groups is 1. The number of nitrogens with one attached hydrogen (secondary N) is 1. The first kappa shape index (κ1) is 19.4. The molecule has 26 heavy (non-hydrogen) atoms. The van der Waals surface area contributed by atoms with Crippen LogP contribution in [0.25, 0.3) is 0 Å². The van der Waals surface area contributed by atoms with Crippen LogP contribution in [0.1, 0.15) is 37.2 Å². The van der Waals surface area contributed by atoms with E-state index in [1.165, 1.54) is 13.0 Å². The van der Waals surface area contributed by atoms with Crippen molar-refractivity contribution >= 4 is 35.0 Å². The topological polar surface area (TPSA) is 116 Å². The van der Waals surface area contributed by atoms with Crippen molar-refractivity contribution in [3.05, 3.63) is 51.2 Å². The van der Waals surface area contributed by atoms with Gasteiger partial charge in [-0.15, -0.1) is 0 Å². The molecule has 1 atom stereocenters. The number of nitrogens with zero attached hydrogens (tertiary/aromatic N) is 3. The predicted molar refractivity (Wildman–Crippen MR) is 94.2 cm³/mol. The summed E-state index contributed by atoms with van der Waals surface area (Å²) in [5, 5.41) is 17.3. The standard InChI is InChI=1S/C16H17ClN4O5/c1-9(2)20-14(6-7-18-20)19-15(22)10(3)26-16(23)12-5-4-11(21(24)25)8-13(12)17/h4-10H,1-3H3,(H,19,22)/t10-/m1/s1. The highest BCUT2D eigenvalue weighted by molar-refractivity contribution is 6.33. The highest BCUT2D eigenvalue weighted by atomic mass is 35.5. The summed E-state index contributed by atoms with van der Waals surface area (Å²) in [5.41, 5.74) is -0.316. The molecule has 1 N–H and O–H groups in total. The maximum atomic E-state index is 12.2. The Morgan fingerprint density at radius 1 is 1.31 bits per heavy atom. The SMILES string of the molecule is CC(C)n1nccc1NC(=O)[C@@H](C)OC(=O)c1ccc([N+](=O)[O-])cc1Cl. The molecular formula is C16H17ClN4O5. The first-order chi connectivity index (χ1) is 12.2. The molecule has 2 rings (SSSR count). The molecule has 0 unspecified atom stereocenters. The van der Waals surface area contributed by atoms with E-state index >= 15 is 0 Å². The monoisotopic (exact) mass is 380 g/mol. The van der Waals surface area contributed by atoms with Crippen LogP contribution in [0.15, 0.2) is 30.5 Å². The maximum Gasteiger partial charge on any atom is 0.340 e. The molecule has 1 heterocycles. The summed E-state index contributed by atoms with van der Waals surface area (Å²) in [6.45, 7) is 5.22. The van der Waals surface area contributed by atoms with Crippen LogP contribution in [0.3, 0.4) is 0 Å². The largest absolute Gasteiger partial charge is 0.449 e. The quantitative estimate of drug-likeness (QED) is 0.467. The number of hydrogen-bond donors (Lipinski definition) is 1. The van der Waals surface area contributed by atoms with Crippen molar-refractivity contribution in [1.82, 2.24) is 9.78 Å². The smallest absolute Gasteiger partial charge is 0.340 e. The van der Waals surface area contributed by atoms with Crippen molar-refractivity contribution in [3.8, 4) is 0 Å². The number of non-ortho nitro benzene ring substituents is 1. The molecule has 0 saturated carbocycles. The molecule has 0 spiro atoms. The number of benzene rings is 1.